The summed E-state index contributed by atoms with van der Waals surface area (Å²) >= 11 is 0. The molecular formula is C13H19N5. The molecule has 3 heterocycles. The summed E-state index contributed by atoms with van der Waals surface area (Å²) in [4.78, 5) is 17.5. The van der Waals surface area contributed by atoms with Gasteiger partial charge in [-0.05, 0) is 26.3 Å². The number of H-pyrrole nitrogens is 2. The summed E-state index contributed by atoms with van der Waals surface area (Å²) in [5.41, 5.74) is 2.34. The number of aryl methyl sites for hydroxylation is 1. The summed E-state index contributed by atoms with van der Waals surface area (Å²) < 4.78 is 0. The molecule has 96 valence electrons. The molecule has 0 bridgehead atoms. The molecule has 0 aliphatic carbocycles. The van der Waals surface area contributed by atoms with E-state index < -0.39 is 0 Å². The Hall–Kier alpha value is -1.62. The van der Waals surface area contributed by atoms with Crippen LogP contribution in [0, 0.1) is 6.92 Å². The van der Waals surface area contributed by atoms with E-state index >= 15 is 0 Å². The highest BCUT2D eigenvalue weighted by atomic mass is 15.1. The number of hydrogen-bond acceptors (Lipinski definition) is 3. The van der Waals surface area contributed by atoms with E-state index in [1.165, 1.54) is 18.5 Å². The molecule has 1 atom stereocenters. The van der Waals surface area contributed by atoms with Crippen molar-refractivity contribution in [1.82, 2.24) is 24.8 Å². The molecule has 5 heteroatoms. The van der Waals surface area contributed by atoms with Crippen LogP contribution >= 0.6 is 0 Å². The molecular weight excluding hydrogens is 226 g/mol. The Balaban J connectivity index is 1.65. The van der Waals surface area contributed by atoms with Crippen LogP contribution in [0.2, 0.25) is 0 Å². The second-order valence-corrected chi connectivity index (χ2v) is 5.10. The quantitative estimate of drug-likeness (QED) is 0.867. The third-order valence-corrected chi connectivity index (χ3v) is 3.56. The Kier molecular flexibility index (Phi) is 3.15. The summed E-state index contributed by atoms with van der Waals surface area (Å²) in [5.74, 6) is 1.68. The van der Waals surface area contributed by atoms with Crippen LogP contribution in [-0.4, -0.2) is 37.9 Å². The fourth-order valence-corrected chi connectivity index (χ4v) is 2.67. The van der Waals surface area contributed by atoms with Gasteiger partial charge in [0.15, 0.2) is 0 Å². The average molecular weight is 245 g/mol. The maximum atomic E-state index is 4.47. The summed E-state index contributed by atoms with van der Waals surface area (Å²) in [7, 11) is 0. The zero-order valence-electron chi connectivity index (χ0n) is 10.7. The molecule has 0 spiro atoms. The number of nitrogens with one attached hydrogen (secondary N) is 2. The van der Waals surface area contributed by atoms with Crippen LogP contribution in [0.5, 0.6) is 0 Å². The van der Waals surface area contributed by atoms with Gasteiger partial charge in [0.2, 0.25) is 0 Å². The van der Waals surface area contributed by atoms with Crippen molar-refractivity contribution in [1.29, 1.82) is 0 Å². The van der Waals surface area contributed by atoms with Gasteiger partial charge in [0.25, 0.3) is 0 Å². The molecule has 1 aliphatic rings. The molecule has 0 aromatic carbocycles. The molecule has 1 aliphatic heterocycles. The van der Waals surface area contributed by atoms with Gasteiger partial charge in [-0.2, -0.15) is 0 Å². The first kappa shape index (κ1) is 11.5. The first-order valence-electron chi connectivity index (χ1n) is 6.52. The summed E-state index contributed by atoms with van der Waals surface area (Å²) in [6.07, 6.45) is 8.03. The molecule has 1 fully saturated rings. The lowest BCUT2D eigenvalue weighted by molar-refractivity contribution is 0.195. The van der Waals surface area contributed by atoms with E-state index in [4.69, 9.17) is 0 Å². The molecule has 2 N–H and O–H groups in total. The number of piperidine rings is 1. The van der Waals surface area contributed by atoms with Crippen molar-refractivity contribution in [3.63, 3.8) is 0 Å². The zero-order chi connectivity index (χ0) is 12.4. The molecule has 3 rings (SSSR count). The Morgan fingerprint density at radius 3 is 3.11 bits per heavy atom. The maximum Gasteiger partial charge on any atom is 0.110 e. The molecule has 0 unspecified atom stereocenters. The SMILES string of the molecule is Cc1cnc([C@H]2CCCN(Cc3cnc[nH]3)C2)[nH]1. The van der Waals surface area contributed by atoms with Gasteiger partial charge in [-0.25, -0.2) is 9.97 Å². The lowest BCUT2D eigenvalue weighted by Gasteiger charge is -2.31. The smallest absolute Gasteiger partial charge is 0.110 e. The Morgan fingerprint density at radius 1 is 1.44 bits per heavy atom. The number of aromatic nitrogens is 4. The van der Waals surface area contributed by atoms with Crippen molar-refractivity contribution in [2.24, 2.45) is 0 Å². The van der Waals surface area contributed by atoms with Gasteiger partial charge < -0.3 is 9.97 Å². The fraction of sp³-hybridized carbons (Fsp3) is 0.538. The van der Waals surface area contributed by atoms with Gasteiger partial charge in [-0.3, -0.25) is 4.90 Å². The van der Waals surface area contributed by atoms with Gasteiger partial charge in [0.05, 0.1) is 6.33 Å². The minimum Gasteiger partial charge on any atom is -0.347 e. The van der Waals surface area contributed by atoms with E-state index in [1.54, 1.807) is 6.33 Å². The molecule has 0 radical (unpaired) electrons. The van der Waals surface area contributed by atoms with Crippen LogP contribution in [0.4, 0.5) is 0 Å². The maximum absolute atomic E-state index is 4.47. The first-order valence-corrected chi connectivity index (χ1v) is 6.52. The van der Waals surface area contributed by atoms with Crippen molar-refractivity contribution >= 4 is 0 Å². The fourth-order valence-electron chi connectivity index (χ4n) is 2.67. The van der Waals surface area contributed by atoms with Crippen molar-refractivity contribution in [3.8, 4) is 0 Å². The number of likely N-dealkylation sites (tertiary alicyclic amines) is 1. The zero-order valence-corrected chi connectivity index (χ0v) is 10.7. The Morgan fingerprint density at radius 2 is 2.39 bits per heavy atom. The lowest BCUT2D eigenvalue weighted by atomic mass is 9.97. The topological polar surface area (TPSA) is 60.6 Å². The second kappa shape index (κ2) is 4.94. The minimum atomic E-state index is 0.537. The predicted octanol–water partition coefficient (Wildman–Crippen LogP) is 1.82. The number of aromatic amines is 2. The lowest BCUT2D eigenvalue weighted by Crippen LogP contribution is -2.34. The van der Waals surface area contributed by atoms with Gasteiger partial charge in [-0.15, -0.1) is 0 Å². The van der Waals surface area contributed by atoms with Crippen LogP contribution in [0.1, 0.15) is 36.0 Å². The van der Waals surface area contributed by atoms with Crippen LogP contribution in [0.15, 0.2) is 18.7 Å². The summed E-state index contributed by atoms with van der Waals surface area (Å²) in [6.45, 7) is 5.25. The van der Waals surface area contributed by atoms with E-state index in [0.29, 0.717) is 5.92 Å². The van der Waals surface area contributed by atoms with Crippen LogP contribution in [-0.2, 0) is 6.54 Å². The van der Waals surface area contributed by atoms with Gasteiger partial charge in [0, 0.05) is 42.8 Å². The van der Waals surface area contributed by atoms with E-state index in [9.17, 15) is 0 Å². The number of rotatable bonds is 3. The molecule has 0 amide bonds. The van der Waals surface area contributed by atoms with Crippen molar-refractivity contribution in [3.05, 3.63) is 35.9 Å². The normalized spacial score (nSPS) is 21.3. The highest BCUT2D eigenvalue weighted by Gasteiger charge is 2.23. The standard InChI is InChI=1S/C13H19N5/c1-10-5-15-13(17-10)11-3-2-4-18(7-11)8-12-6-14-9-16-12/h5-6,9,11H,2-4,7-8H2,1H3,(H,14,16)(H,15,17)/t11-/m0/s1. The van der Waals surface area contributed by atoms with Gasteiger partial charge in [-0.1, -0.05) is 0 Å². The molecule has 1 saturated heterocycles. The van der Waals surface area contributed by atoms with Crippen LogP contribution in [0.3, 0.4) is 0 Å². The highest BCUT2D eigenvalue weighted by Crippen LogP contribution is 2.25. The number of nitrogens with zero attached hydrogens (tertiary/aromatic N) is 3. The second-order valence-electron chi connectivity index (χ2n) is 5.10. The monoisotopic (exact) mass is 245 g/mol. The van der Waals surface area contributed by atoms with Gasteiger partial charge in [0.1, 0.15) is 5.82 Å². The first-order chi connectivity index (χ1) is 8.81. The van der Waals surface area contributed by atoms with Crippen molar-refractivity contribution < 1.29 is 0 Å². The van der Waals surface area contributed by atoms with Crippen LogP contribution < -0.4 is 0 Å². The Labute approximate surface area is 107 Å². The van der Waals surface area contributed by atoms with E-state index in [-0.39, 0.29) is 0 Å². The van der Waals surface area contributed by atoms with E-state index in [0.717, 1.165) is 31.2 Å². The number of imidazole rings is 2. The van der Waals surface area contributed by atoms with Crippen LogP contribution in [0.25, 0.3) is 0 Å². The predicted molar refractivity (Wildman–Crippen MR) is 69.2 cm³/mol. The largest absolute Gasteiger partial charge is 0.347 e. The Bertz CT molecular complexity index is 487. The molecule has 5 nitrogen and oxygen atoms in total. The highest BCUT2D eigenvalue weighted by molar-refractivity contribution is 5.06. The van der Waals surface area contributed by atoms with E-state index in [1.807, 2.05) is 12.4 Å². The number of hydrogen-bond donors (Lipinski definition) is 2. The van der Waals surface area contributed by atoms with Crippen molar-refractivity contribution in [2.45, 2.75) is 32.2 Å². The van der Waals surface area contributed by atoms with E-state index in [2.05, 4.69) is 31.8 Å². The molecule has 2 aromatic heterocycles. The third kappa shape index (κ3) is 2.46. The minimum absolute atomic E-state index is 0.537. The summed E-state index contributed by atoms with van der Waals surface area (Å²) in [6, 6.07) is 0. The average Bonchev–Trinajstić information content (AvgIpc) is 3.01. The molecule has 18 heavy (non-hydrogen) atoms. The summed E-state index contributed by atoms with van der Waals surface area (Å²) in [5, 5.41) is 0. The van der Waals surface area contributed by atoms with Gasteiger partial charge >= 0.3 is 0 Å². The third-order valence-electron chi connectivity index (χ3n) is 3.56. The van der Waals surface area contributed by atoms with Crippen molar-refractivity contribution in [2.75, 3.05) is 13.1 Å². The molecule has 0 saturated carbocycles. The molecule has 2 aromatic rings.